The van der Waals surface area contributed by atoms with E-state index in [0.29, 0.717) is 13.1 Å². The van der Waals surface area contributed by atoms with E-state index in [1.807, 2.05) is 18.2 Å². The highest BCUT2D eigenvalue weighted by Crippen LogP contribution is 2.26. The van der Waals surface area contributed by atoms with Crippen molar-refractivity contribution in [3.63, 3.8) is 0 Å². The summed E-state index contributed by atoms with van der Waals surface area (Å²) in [7, 11) is 0. The highest BCUT2D eigenvalue weighted by Gasteiger charge is 2.20. The number of hydrogen-bond donors (Lipinski definition) is 2. The Kier molecular flexibility index (Phi) is 3.64. The molecule has 0 unspecified atom stereocenters. The molecule has 0 aliphatic carbocycles. The van der Waals surface area contributed by atoms with Gasteiger partial charge in [-0.05, 0) is 18.1 Å². The summed E-state index contributed by atoms with van der Waals surface area (Å²) in [5.74, 6) is 0.0797. The average Bonchev–Trinajstić information content (AvgIpc) is 2.38. The molecule has 0 saturated carbocycles. The summed E-state index contributed by atoms with van der Waals surface area (Å²) in [4.78, 5) is 13.5. The molecular formula is C13H19N3O. The summed E-state index contributed by atoms with van der Waals surface area (Å²) in [5.41, 5.74) is 8.33. The van der Waals surface area contributed by atoms with Gasteiger partial charge in [0.1, 0.15) is 0 Å². The number of nitrogens with two attached hydrogens (primary N) is 1. The smallest absolute Gasteiger partial charge is 0.239 e. The molecule has 0 spiro atoms. The number of rotatable bonds is 3. The molecule has 1 saturated heterocycles. The van der Waals surface area contributed by atoms with E-state index >= 15 is 0 Å². The van der Waals surface area contributed by atoms with Crippen molar-refractivity contribution in [2.24, 2.45) is 5.73 Å². The molecule has 0 bridgehead atoms. The van der Waals surface area contributed by atoms with Crippen molar-refractivity contribution in [1.29, 1.82) is 0 Å². The number of para-hydroxylation sites is 1. The number of anilines is 1. The van der Waals surface area contributed by atoms with E-state index in [4.69, 9.17) is 5.73 Å². The minimum absolute atomic E-state index is 0.0381. The van der Waals surface area contributed by atoms with Crippen LogP contribution in [0.4, 0.5) is 5.69 Å². The van der Waals surface area contributed by atoms with E-state index in [2.05, 4.69) is 23.2 Å². The third kappa shape index (κ3) is 2.58. The molecule has 17 heavy (non-hydrogen) atoms. The van der Waals surface area contributed by atoms with Gasteiger partial charge in [-0.1, -0.05) is 25.1 Å². The molecule has 1 aromatic rings. The van der Waals surface area contributed by atoms with E-state index < -0.39 is 0 Å². The van der Waals surface area contributed by atoms with Crippen LogP contribution in [0, 0.1) is 0 Å². The lowest BCUT2D eigenvalue weighted by atomic mass is 10.0. The van der Waals surface area contributed by atoms with Crippen LogP contribution in [-0.4, -0.2) is 25.5 Å². The predicted molar refractivity (Wildman–Crippen MR) is 68.9 cm³/mol. The van der Waals surface area contributed by atoms with Gasteiger partial charge >= 0.3 is 0 Å². The summed E-state index contributed by atoms with van der Waals surface area (Å²) in [5, 5.41) is 2.83. The van der Waals surface area contributed by atoms with Crippen LogP contribution in [0.25, 0.3) is 0 Å². The first-order chi connectivity index (χ1) is 8.22. The molecule has 92 valence electrons. The molecule has 1 heterocycles. The maximum Gasteiger partial charge on any atom is 0.239 e. The molecular weight excluding hydrogens is 214 g/mol. The molecule has 3 N–H and O–H groups in total. The molecule has 1 aliphatic heterocycles. The van der Waals surface area contributed by atoms with Crippen molar-refractivity contribution < 1.29 is 4.79 Å². The fourth-order valence-corrected chi connectivity index (χ4v) is 2.15. The van der Waals surface area contributed by atoms with E-state index in [9.17, 15) is 4.79 Å². The Morgan fingerprint density at radius 3 is 2.94 bits per heavy atom. The van der Waals surface area contributed by atoms with Gasteiger partial charge in [0.15, 0.2) is 0 Å². The number of carbonyl (C=O) groups excluding carboxylic acids is 1. The minimum Gasteiger partial charge on any atom is -0.360 e. The van der Waals surface area contributed by atoms with Crippen LogP contribution >= 0.6 is 0 Å². The van der Waals surface area contributed by atoms with Crippen LogP contribution in [0.1, 0.15) is 24.9 Å². The monoisotopic (exact) mass is 233 g/mol. The third-order valence-electron chi connectivity index (χ3n) is 3.16. The lowest BCUT2D eigenvalue weighted by Crippen LogP contribution is -2.48. The van der Waals surface area contributed by atoms with Crippen molar-refractivity contribution in [3.05, 3.63) is 29.8 Å². The van der Waals surface area contributed by atoms with Gasteiger partial charge in [0.25, 0.3) is 0 Å². The zero-order valence-electron chi connectivity index (χ0n) is 10.1. The maximum absolute atomic E-state index is 11.4. The summed E-state index contributed by atoms with van der Waals surface area (Å²) in [6, 6.07) is 8.13. The summed E-state index contributed by atoms with van der Waals surface area (Å²) in [6.45, 7) is 4.05. The highest BCUT2D eigenvalue weighted by molar-refractivity contribution is 5.83. The zero-order valence-corrected chi connectivity index (χ0v) is 10.1. The number of piperazine rings is 1. The molecule has 1 aromatic carbocycles. The lowest BCUT2D eigenvalue weighted by molar-refractivity contribution is -0.120. The van der Waals surface area contributed by atoms with Crippen molar-refractivity contribution in [3.8, 4) is 0 Å². The molecule has 2 rings (SSSR count). The second-order valence-corrected chi connectivity index (χ2v) is 4.35. The molecule has 4 heteroatoms. The maximum atomic E-state index is 11.4. The second-order valence-electron chi connectivity index (χ2n) is 4.35. The van der Waals surface area contributed by atoms with Gasteiger partial charge in [-0.2, -0.15) is 0 Å². The molecule has 1 amide bonds. The van der Waals surface area contributed by atoms with Crippen LogP contribution in [-0.2, 0) is 4.79 Å². The van der Waals surface area contributed by atoms with Gasteiger partial charge in [0.2, 0.25) is 5.91 Å². The first-order valence-electron chi connectivity index (χ1n) is 6.08. The Balaban J connectivity index is 2.27. The van der Waals surface area contributed by atoms with Crippen molar-refractivity contribution in [2.45, 2.75) is 19.4 Å². The van der Waals surface area contributed by atoms with E-state index in [-0.39, 0.29) is 11.9 Å². The van der Waals surface area contributed by atoms with Gasteiger partial charge in [0.05, 0.1) is 6.54 Å². The first-order valence-corrected chi connectivity index (χ1v) is 6.08. The fourth-order valence-electron chi connectivity index (χ4n) is 2.15. The van der Waals surface area contributed by atoms with E-state index in [1.54, 1.807) is 0 Å². The van der Waals surface area contributed by atoms with Gasteiger partial charge in [0, 0.05) is 24.8 Å². The molecule has 0 radical (unpaired) electrons. The van der Waals surface area contributed by atoms with Gasteiger partial charge in [-0.15, -0.1) is 0 Å². The number of carbonyl (C=O) groups is 1. The highest BCUT2D eigenvalue weighted by atomic mass is 16.2. The Morgan fingerprint density at radius 2 is 2.24 bits per heavy atom. The summed E-state index contributed by atoms with van der Waals surface area (Å²) in [6.07, 6.45) is 0.900. The van der Waals surface area contributed by atoms with Crippen molar-refractivity contribution in [1.82, 2.24) is 5.32 Å². The minimum atomic E-state index is 0.0381. The van der Waals surface area contributed by atoms with Crippen LogP contribution in [0.2, 0.25) is 0 Å². The summed E-state index contributed by atoms with van der Waals surface area (Å²) >= 11 is 0. The standard InChI is InChI=1S/C13H19N3O/c1-2-11(14)10-5-3-4-6-12(10)16-8-7-15-13(17)9-16/h3-6,11H,2,7-9,14H2,1H3,(H,15,17)/t11-/m0/s1. The average molecular weight is 233 g/mol. The number of nitrogens with zero attached hydrogens (tertiary/aromatic N) is 1. The van der Waals surface area contributed by atoms with Gasteiger partial charge in [-0.25, -0.2) is 0 Å². The van der Waals surface area contributed by atoms with Crippen molar-refractivity contribution in [2.75, 3.05) is 24.5 Å². The molecule has 1 atom stereocenters. The molecule has 1 aliphatic rings. The molecule has 1 fully saturated rings. The predicted octanol–water partition coefficient (Wildman–Crippen LogP) is 1.03. The van der Waals surface area contributed by atoms with Gasteiger partial charge < -0.3 is 16.0 Å². The largest absolute Gasteiger partial charge is 0.360 e. The Hall–Kier alpha value is -1.55. The van der Waals surface area contributed by atoms with E-state index in [1.165, 1.54) is 0 Å². The lowest BCUT2D eigenvalue weighted by Gasteiger charge is -2.31. The number of hydrogen-bond acceptors (Lipinski definition) is 3. The SMILES string of the molecule is CC[C@H](N)c1ccccc1N1CCNC(=O)C1. The first kappa shape index (κ1) is 11.9. The second kappa shape index (κ2) is 5.19. The Labute approximate surface area is 102 Å². The van der Waals surface area contributed by atoms with Gasteiger partial charge in [-0.3, -0.25) is 4.79 Å². The van der Waals surface area contributed by atoms with Crippen LogP contribution in [0.15, 0.2) is 24.3 Å². The molecule has 4 nitrogen and oxygen atoms in total. The number of amides is 1. The van der Waals surface area contributed by atoms with Crippen LogP contribution < -0.4 is 16.0 Å². The fraction of sp³-hybridized carbons (Fsp3) is 0.462. The third-order valence-corrected chi connectivity index (χ3v) is 3.16. The molecule has 0 aromatic heterocycles. The Bertz CT molecular complexity index is 405. The topological polar surface area (TPSA) is 58.4 Å². The summed E-state index contributed by atoms with van der Waals surface area (Å²) < 4.78 is 0. The van der Waals surface area contributed by atoms with E-state index in [0.717, 1.165) is 24.2 Å². The Morgan fingerprint density at radius 1 is 1.47 bits per heavy atom. The zero-order chi connectivity index (χ0) is 12.3. The van der Waals surface area contributed by atoms with Crippen LogP contribution in [0.3, 0.4) is 0 Å². The quantitative estimate of drug-likeness (QED) is 0.820. The van der Waals surface area contributed by atoms with Crippen LogP contribution in [0.5, 0.6) is 0 Å². The normalized spacial score (nSPS) is 17.8. The number of nitrogens with one attached hydrogen (secondary N) is 1. The number of benzene rings is 1. The van der Waals surface area contributed by atoms with Crippen molar-refractivity contribution >= 4 is 11.6 Å².